The number of nitrogens with zero attached hydrogens (tertiary/aromatic N) is 1. The Morgan fingerprint density at radius 1 is 1.19 bits per heavy atom. The number of benzene rings is 1. The van der Waals surface area contributed by atoms with Crippen molar-refractivity contribution >= 4 is 27.5 Å². The zero-order chi connectivity index (χ0) is 20.3. The molecule has 26 heavy (non-hydrogen) atoms. The second kappa shape index (κ2) is 12.3. The van der Waals surface area contributed by atoms with Gasteiger partial charge in [-0.3, -0.25) is 9.79 Å². The summed E-state index contributed by atoms with van der Waals surface area (Å²) in [6.07, 6.45) is 4.11. The van der Waals surface area contributed by atoms with Crippen molar-refractivity contribution in [1.82, 2.24) is 0 Å². The van der Waals surface area contributed by atoms with Crippen LogP contribution >= 0.6 is 15.9 Å². The zero-order valence-electron chi connectivity index (χ0n) is 17.6. The number of amidine groups is 1. The van der Waals surface area contributed by atoms with Gasteiger partial charge in [-0.05, 0) is 56.7 Å². The fourth-order valence-electron chi connectivity index (χ4n) is 2.61. The quantitative estimate of drug-likeness (QED) is 0.399. The zero-order valence-corrected chi connectivity index (χ0v) is 19.2. The lowest BCUT2D eigenvalue weighted by atomic mass is 9.87. The summed E-state index contributed by atoms with van der Waals surface area (Å²) in [5.41, 5.74) is 6.70. The first-order valence-electron chi connectivity index (χ1n) is 9.66. The molecule has 2 unspecified atom stereocenters. The lowest BCUT2D eigenvalue weighted by Gasteiger charge is -2.26. The Labute approximate surface area is 169 Å². The molecule has 148 valence electrons. The van der Waals surface area contributed by atoms with Crippen LogP contribution < -0.4 is 5.73 Å². The second-order valence-corrected chi connectivity index (χ2v) is 8.57. The third-order valence-corrected chi connectivity index (χ3v) is 5.04. The van der Waals surface area contributed by atoms with Crippen molar-refractivity contribution in [2.45, 2.75) is 79.7 Å². The van der Waals surface area contributed by atoms with E-state index in [0.29, 0.717) is 11.8 Å². The minimum absolute atomic E-state index is 0.0902. The average molecular weight is 425 g/mol. The van der Waals surface area contributed by atoms with Crippen molar-refractivity contribution < 1.29 is 4.79 Å². The molecule has 0 heterocycles. The number of carbonyl (C=O) groups excluding carboxylic acids is 1. The van der Waals surface area contributed by atoms with E-state index in [-0.39, 0.29) is 11.7 Å². The van der Waals surface area contributed by atoms with Crippen molar-refractivity contribution in [2.75, 3.05) is 0 Å². The monoisotopic (exact) mass is 424 g/mol. The highest BCUT2D eigenvalue weighted by molar-refractivity contribution is 9.10. The molecule has 0 aliphatic heterocycles. The van der Waals surface area contributed by atoms with Crippen LogP contribution in [0.2, 0.25) is 0 Å². The molecule has 3 nitrogen and oxygen atoms in total. The van der Waals surface area contributed by atoms with Crippen LogP contribution in [0.1, 0.15) is 73.3 Å². The SMILES string of the molecule is CCC(C)C(N)=NC(C)(CC(C)C)C(C)=O.CCCc1ccc(Br)cc1. The van der Waals surface area contributed by atoms with Gasteiger partial charge in [0.2, 0.25) is 0 Å². The number of nitrogens with two attached hydrogens (primary N) is 1. The third kappa shape index (κ3) is 9.51. The van der Waals surface area contributed by atoms with Gasteiger partial charge in [-0.2, -0.15) is 0 Å². The van der Waals surface area contributed by atoms with Crippen LogP contribution in [0.15, 0.2) is 33.7 Å². The van der Waals surface area contributed by atoms with E-state index >= 15 is 0 Å². The van der Waals surface area contributed by atoms with E-state index in [2.05, 4.69) is 72.9 Å². The fraction of sp³-hybridized carbons (Fsp3) is 0.636. The summed E-state index contributed by atoms with van der Waals surface area (Å²) < 4.78 is 1.16. The molecule has 2 atom stereocenters. The van der Waals surface area contributed by atoms with Gasteiger partial charge in [0.1, 0.15) is 5.54 Å². The van der Waals surface area contributed by atoms with E-state index in [9.17, 15) is 4.79 Å². The Bertz CT molecular complexity index is 566. The maximum absolute atomic E-state index is 11.7. The summed E-state index contributed by atoms with van der Waals surface area (Å²) >= 11 is 3.40. The minimum Gasteiger partial charge on any atom is -0.387 e. The highest BCUT2D eigenvalue weighted by Crippen LogP contribution is 2.23. The van der Waals surface area contributed by atoms with Crippen molar-refractivity contribution in [2.24, 2.45) is 22.6 Å². The predicted octanol–water partition coefficient (Wildman–Crippen LogP) is 6.19. The maximum Gasteiger partial charge on any atom is 0.157 e. The molecular weight excluding hydrogens is 388 g/mol. The summed E-state index contributed by atoms with van der Waals surface area (Å²) in [5, 5.41) is 0. The Morgan fingerprint density at radius 2 is 1.73 bits per heavy atom. The van der Waals surface area contributed by atoms with E-state index < -0.39 is 5.54 Å². The van der Waals surface area contributed by atoms with Gasteiger partial charge in [0, 0.05) is 10.4 Å². The summed E-state index contributed by atoms with van der Waals surface area (Å²) in [5.74, 6) is 1.36. The molecule has 0 spiro atoms. The average Bonchev–Trinajstić information content (AvgIpc) is 2.56. The molecule has 0 aliphatic rings. The van der Waals surface area contributed by atoms with Gasteiger partial charge in [-0.15, -0.1) is 0 Å². The molecule has 0 fully saturated rings. The molecule has 0 amide bonds. The highest BCUT2D eigenvalue weighted by atomic mass is 79.9. The van der Waals surface area contributed by atoms with E-state index in [4.69, 9.17) is 5.73 Å². The number of aliphatic imine (C=N–C) groups is 1. The molecule has 4 heteroatoms. The molecule has 1 rings (SSSR count). The number of halogens is 1. The molecule has 0 saturated carbocycles. The fourth-order valence-corrected chi connectivity index (χ4v) is 2.87. The van der Waals surface area contributed by atoms with Crippen LogP contribution in [-0.2, 0) is 11.2 Å². The molecule has 0 aliphatic carbocycles. The van der Waals surface area contributed by atoms with Crippen LogP contribution in [-0.4, -0.2) is 17.2 Å². The van der Waals surface area contributed by atoms with E-state index in [1.165, 1.54) is 18.4 Å². The molecule has 0 saturated heterocycles. The lowest BCUT2D eigenvalue weighted by Crippen LogP contribution is -2.37. The number of hydrogen-bond donors (Lipinski definition) is 1. The van der Waals surface area contributed by atoms with Crippen molar-refractivity contribution in [3.05, 3.63) is 34.3 Å². The predicted molar refractivity (Wildman–Crippen MR) is 118 cm³/mol. The topological polar surface area (TPSA) is 55.4 Å². The van der Waals surface area contributed by atoms with Crippen molar-refractivity contribution in [3.8, 4) is 0 Å². The van der Waals surface area contributed by atoms with Crippen LogP contribution in [0.4, 0.5) is 0 Å². The van der Waals surface area contributed by atoms with Gasteiger partial charge in [0.25, 0.3) is 0 Å². The largest absolute Gasteiger partial charge is 0.387 e. The summed E-state index contributed by atoms with van der Waals surface area (Å²) in [6.45, 7) is 14.0. The van der Waals surface area contributed by atoms with Crippen LogP contribution in [0.25, 0.3) is 0 Å². The van der Waals surface area contributed by atoms with Gasteiger partial charge in [-0.25, -0.2) is 0 Å². The normalized spacial score (nSPS) is 15.0. The summed E-state index contributed by atoms with van der Waals surface area (Å²) in [7, 11) is 0. The number of rotatable bonds is 8. The third-order valence-electron chi connectivity index (χ3n) is 4.51. The molecule has 0 bridgehead atoms. The first-order chi connectivity index (χ1) is 12.1. The van der Waals surface area contributed by atoms with E-state index in [1.54, 1.807) is 6.92 Å². The van der Waals surface area contributed by atoms with Gasteiger partial charge in [-0.1, -0.05) is 69.1 Å². The van der Waals surface area contributed by atoms with E-state index in [0.717, 1.165) is 17.3 Å². The van der Waals surface area contributed by atoms with Crippen LogP contribution in [0.5, 0.6) is 0 Å². The Balaban J connectivity index is 0.000000531. The second-order valence-electron chi connectivity index (χ2n) is 7.65. The van der Waals surface area contributed by atoms with Crippen LogP contribution in [0.3, 0.4) is 0 Å². The Hall–Kier alpha value is -1.16. The summed E-state index contributed by atoms with van der Waals surface area (Å²) in [4.78, 5) is 16.1. The molecule has 2 N–H and O–H groups in total. The first kappa shape index (κ1) is 24.8. The molecular formula is C22H37BrN2O. The van der Waals surface area contributed by atoms with Gasteiger partial charge in [0.15, 0.2) is 5.78 Å². The van der Waals surface area contributed by atoms with Crippen molar-refractivity contribution in [1.29, 1.82) is 0 Å². The molecule has 1 aromatic rings. The number of ketones is 1. The Kier molecular flexibility index (Phi) is 11.7. The number of hydrogen-bond acceptors (Lipinski definition) is 2. The maximum atomic E-state index is 11.7. The van der Waals surface area contributed by atoms with Gasteiger partial charge in [0.05, 0.1) is 5.84 Å². The number of Topliss-reactive ketones (excluding diaryl/α,β-unsaturated/α-hetero) is 1. The van der Waals surface area contributed by atoms with Crippen molar-refractivity contribution in [3.63, 3.8) is 0 Å². The van der Waals surface area contributed by atoms with Crippen LogP contribution in [0, 0.1) is 11.8 Å². The van der Waals surface area contributed by atoms with Gasteiger partial charge < -0.3 is 5.73 Å². The molecule has 0 aromatic heterocycles. The molecule has 0 radical (unpaired) electrons. The smallest absolute Gasteiger partial charge is 0.157 e. The number of aryl methyl sites for hydroxylation is 1. The number of carbonyl (C=O) groups is 1. The highest BCUT2D eigenvalue weighted by Gasteiger charge is 2.30. The minimum atomic E-state index is -0.651. The summed E-state index contributed by atoms with van der Waals surface area (Å²) in [6, 6.07) is 8.50. The van der Waals surface area contributed by atoms with E-state index in [1.807, 2.05) is 13.8 Å². The Morgan fingerprint density at radius 3 is 2.12 bits per heavy atom. The van der Waals surface area contributed by atoms with Gasteiger partial charge >= 0.3 is 0 Å². The standard InChI is InChI=1S/C13H26N2O.C9H11Br/c1-7-10(4)12(14)15-13(6,11(5)16)8-9(2)3;1-2-3-8-4-6-9(10)7-5-8/h9-10H,7-8H2,1-6H3,(H2,14,15);4-7H,2-3H2,1H3. The first-order valence-corrected chi connectivity index (χ1v) is 10.5. The lowest BCUT2D eigenvalue weighted by molar-refractivity contribution is -0.121. The molecule has 1 aromatic carbocycles.